The van der Waals surface area contributed by atoms with Crippen LogP contribution >= 0.6 is 11.6 Å². The van der Waals surface area contributed by atoms with Gasteiger partial charge in [-0.15, -0.1) is 0 Å². The Morgan fingerprint density at radius 2 is 1.97 bits per heavy atom. The molecule has 2 heterocycles. The quantitative estimate of drug-likeness (QED) is 0.412. The van der Waals surface area contributed by atoms with E-state index < -0.39 is 35.7 Å². The van der Waals surface area contributed by atoms with E-state index in [0.717, 1.165) is 23.8 Å². The molecule has 0 bridgehead atoms. The molecule has 1 fully saturated rings. The van der Waals surface area contributed by atoms with Crippen LogP contribution in [0.25, 0.3) is 0 Å². The van der Waals surface area contributed by atoms with Gasteiger partial charge < -0.3 is 30.2 Å². The summed E-state index contributed by atoms with van der Waals surface area (Å²) in [7, 11) is 0. The molecular weight excluding hydrogens is 520 g/mol. The third kappa shape index (κ3) is 7.03. The molecule has 5 atom stereocenters. The molecule has 2 aromatic rings. The fourth-order valence-electron chi connectivity index (χ4n) is 4.88. The number of benzene rings is 2. The molecule has 3 N–H and O–H groups in total. The van der Waals surface area contributed by atoms with Gasteiger partial charge in [-0.05, 0) is 49.9 Å². The molecule has 4 rings (SSSR count). The summed E-state index contributed by atoms with van der Waals surface area (Å²) in [6.45, 7) is 4.14. The molecule has 39 heavy (non-hydrogen) atoms. The van der Waals surface area contributed by atoms with Crippen LogP contribution in [0.2, 0.25) is 5.02 Å². The summed E-state index contributed by atoms with van der Waals surface area (Å²) in [5.74, 6) is -0.405. The summed E-state index contributed by atoms with van der Waals surface area (Å²) >= 11 is 6.13. The number of amides is 2. The fraction of sp³-hybridized carbons (Fsp3) is 0.448. The molecule has 10 heteroatoms. The van der Waals surface area contributed by atoms with E-state index in [-0.39, 0.29) is 19.1 Å². The van der Waals surface area contributed by atoms with Gasteiger partial charge >= 0.3 is 0 Å². The molecular formula is C29H35ClN4O5. The first-order chi connectivity index (χ1) is 18.7. The van der Waals surface area contributed by atoms with Crippen LogP contribution in [-0.2, 0) is 36.9 Å². The minimum Gasteiger partial charge on any atom is -0.476 e. The zero-order valence-electron chi connectivity index (χ0n) is 22.2. The SMILES string of the molecule is CC(N)C(=O)NC(C(=O)N1CCCC1C1=N[C@](C=O)(Cc2cccc(Cl)c2)CO1)C(C)OCc1ccccc1. The number of aliphatic imine (C=N–C) groups is 1. The van der Waals surface area contributed by atoms with Gasteiger partial charge in [-0.1, -0.05) is 54.1 Å². The molecule has 9 nitrogen and oxygen atoms in total. The number of ether oxygens (including phenoxy) is 2. The number of rotatable bonds is 11. The molecule has 1 saturated heterocycles. The predicted molar refractivity (Wildman–Crippen MR) is 148 cm³/mol. The van der Waals surface area contributed by atoms with E-state index in [9.17, 15) is 14.4 Å². The first-order valence-corrected chi connectivity index (χ1v) is 13.5. The van der Waals surface area contributed by atoms with Gasteiger partial charge in [-0.2, -0.15) is 0 Å². The van der Waals surface area contributed by atoms with E-state index in [2.05, 4.69) is 5.32 Å². The predicted octanol–water partition coefficient (Wildman–Crippen LogP) is 2.68. The largest absolute Gasteiger partial charge is 0.476 e. The number of aldehydes is 1. The number of halogens is 1. The van der Waals surface area contributed by atoms with Crippen LogP contribution in [0.4, 0.5) is 0 Å². The maximum Gasteiger partial charge on any atom is 0.248 e. The lowest BCUT2D eigenvalue weighted by atomic mass is 9.94. The number of hydrogen-bond donors (Lipinski definition) is 2. The zero-order valence-corrected chi connectivity index (χ0v) is 23.0. The van der Waals surface area contributed by atoms with Crippen molar-refractivity contribution in [1.29, 1.82) is 0 Å². The Bertz CT molecular complexity index is 1210. The molecule has 4 unspecified atom stereocenters. The normalized spacial score (nSPS) is 22.9. The van der Waals surface area contributed by atoms with Gasteiger partial charge in [0, 0.05) is 18.0 Å². The molecule has 2 aromatic carbocycles. The van der Waals surface area contributed by atoms with Crippen molar-refractivity contribution in [2.45, 2.75) is 69.5 Å². The average molecular weight is 555 g/mol. The third-order valence-corrected chi connectivity index (χ3v) is 7.28. The van der Waals surface area contributed by atoms with Crippen LogP contribution in [0, 0.1) is 0 Å². The molecule has 0 aromatic heterocycles. The fourth-order valence-corrected chi connectivity index (χ4v) is 5.09. The van der Waals surface area contributed by atoms with Gasteiger partial charge in [0.25, 0.3) is 0 Å². The highest BCUT2D eigenvalue weighted by Gasteiger charge is 2.45. The first-order valence-electron chi connectivity index (χ1n) is 13.2. The van der Waals surface area contributed by atoms with E-state index in [1.165, 1.54) is 0 Å². The Hall–Kier alpha value is -3.27. The van der Waals surface area contributed by atoms with Gasteiger partial charge in [0.05, 0.1) is 18.8 Å². The van der Waals surface area contributed by atoms with Crippen molar-refractivity contribution in [1.82, 2.24) is 10.2 Å². The molecule has 2 aliphatic heterocycles. The van der Waals surface area contributed by atoms with Crippen molar-refractivity contribution in [2.75, 3.05) is 13.2 Å². The molecule has 0 spiro atoms. The molecule has 0 saturated carbocycles. The van der Waals surface area contributed by atoms with Gasteiger partial charge in [0.1, 0.15) is 18.7 Å². The van der Waals surface area contributed by atoms with E-state index in [0.29, 0.717) is 30.3 Å². The van der Waals surface area contributed by atoms with E-state index in [4.69, 9.17) is 31.8 Å². The Morgan fingerprint density at radius 3 is 2.67 bits per heavy atom. The minimum absolute atomic E-state index is 0.0817. The minimum atomic E-state index is -1.09. The smallest absolute Gasteiger partial charge is 0.248 e. The Balaban J connectivity index is 1.52. The second kappa shape index (κ2) is 12.7. The molecule has 2 aliphatic rings. The lowest BCUT2D eigenvalue weighted by Gasteiger charge is -2.32. The van der Waals surface area contributed by atoms with Gasteiger partial charge in [0.2, 0.25) is 17.7 Å². The number of nitrogens with zero attached hydrogens (tertiary/aromatic N) is 2. The third-order valence-electron chi connectivity index (χ3n) is 7.04. The Labute approximate surface area is 233 Å². The second-order valence-corrected chi connectivity index (χ2v) is 10.7. The maximum absolute atomic E-state index is 13.9. The number of nitrogens with one attached hydrogen (secondary N) is 1. The monoisotopic (exact) mass is 554 g/mol. The van der Waals surface area contributed by atoms with Gasteiger partial charge in [0.15, 0.2) is 11.8 Å². The van der Waals surface area contributed by atoms with Crippen LogP contribution in [0.3, 0.4) is 0 Å². The van der Waals surface area contributed by atoms with Crippen LogP contribution in [0.15, 0.2) is 59.6 Å². The summed E-state index contributed by atoms with van der Waals surface area (Å²) < 4.78 is 12.0. The number of carbonyl (C=O) groups excluding carboxylic acids is 3. The van der Waals surface area contributed by atoms with Crippen LogP contribution in [0.5, 0.6) is 0 Å². The first kappa shape index (κ1) is 28.7. The summed E-state index contributed by atoms with van der Waals surface area (Å²) in [5.41, 5.74) is 6.52. The Morgan fingerprint density at radius 1 is 1.23 bits per heavy atom. The average Bonchev–Trinajstić information content (AvgIpc) is 3.58. The zero-order chi connectivity index (χ0) is 28.0. The highest BCUT2D eigenvalue weighted by molar-refractivity contribution is 6.30. The number of hydrogen-bond acceptors (Lipinski definition) is 7. The van der Waals surface area contributed by atoms with Crippen molar-refractivity contribution >= 4 is 35.6 Å². The lowest BCUT2D eigenvalue weighted by molar-refractivity contribution is -0.141. The summed E-state index contributed by atoms with van der Waals surface area (Å²) in [6, 6.07) is 14.7. The highest BCUT2D eigenvalue weighted by atomic mass is 35.5. The second-order valence-electron chi connectivity index (χ2n) is 10.2. The Kier molecular flexibility index (Phi) is 9.37. The highest BCUT2D eigenvalue weighted by Crippen LogP contribution is 2.29. The van der Waals surface area contributed by atoms with Gasteiger partial charge in [-0.3, -0.25) is 9.59 Å². The number of nitrogens with two attached hydrogens (primary N) is 1. The van der Waals surface area contributed by atoms with Crippen molar-refractivity contribution in [3.05, 3.63) is 70.7 Å². The molecule has 2 amide bonds. The van der Waals surface area contributed by atoms with Crippen molar-refractivity contribution in [2.24, 2.45) is 10.7 Å². The number of carbonyl (C=O) groups is 3. The standard InChI is InChI=1S/C29H35ClN4O5/c1-19(31)26(36)32-25(20(2)38-16-21-8-4-3-5-9-21)28(37)34-13-7-12-24(34)27-33-29(17-35,18-39-27)15-22-10-6-11-23(30)14-22/h3-6,8-11,14,17,19-20,24-25H,7,12-13,15-16,18,31H2,1-2H3,(H,32,36)/t19?,20?,24?,25?,29-/m0/s1. The van der Waals surface area contributed by atoms with Crippen molar-refractivity contribution in [3.8, 4) is 0 Å². The molecule has 208 valence electrons. The topological polar surface area (TPSA) is 123 Å². The van der Waals surface area contributed by atoms with E-state index >= 15 is 0 Å². The van der Waals surface area contributed by atoms with E-state index in [1.807, 2.05) is 42.5 Å². The summed E-state index contributed by atoms with van der Waals surface area (Å²) in [6.07, 6.45) is 1.86. The van der Waals surface area contributed by atoms with Gasteiger partial charge in [-0.25, -0.2) is 4.99 Å². The maximum atomic E-state index is 13.9. The number of likely N-dealkylation sites (tertiary alicyclic amines) is 1. The summed E-state index contributed by atoms with van der Waals surface area (Å²) in [5, 5.41) is 3.35. The lowest BCUT2D eigenvalue weighted by Crippen LogP contribution is -2.58. The van der Waals surface area contributed by atoms with Crippen molar-refractivity contribution in [3.63, 3.8) is 0 Å². The molecule has 0 radical (unpaired) electrons. The van der Waals surface area contributed by atoms with Crippen molar-refractivity contribution < 1.29 is 23.9 Å². The van der Waals surface area contributed by atoms with Crippen LogP contribution < -0.4 is 11.1 Å². The molecule has 0 aliphatic carbocycles. The van der Waals surface area contributed by atoms with E-state index in [1.54, 1.807) is 30.9 Å². The van der Waals surface area contributed by atoms with Crippen LogP contribution in [0.1, 0.15) is 37.8 Å². The summed E-state index contributed by atoms with van der Waals surface area (Å²) in [4.78, 5) is 45.0. The van der Waals surface area contributed by atoms with Crippen LogP contribution in [-0.4, -0.2) is 71.8 Å².